The molecule has 2 unspecified atom stereocenters. The molecule has 1 rings (SSSR count). The van der Waals surface area contributed by atoms with Gasteiger partial charge in [-0.05, 0) is 32.6 Å². The Kier molecular flexibility index (Phi) is 33.0. The molecule has 0 aliphatic heterocycles. The van der Waals surface area contributed by atoms with Crippen molar-refractivity contribution in [2.75, 3.05) is 0 Å². The minimum atomic E-state index is 0.618. The van der Waals surface area contributed by atoms with E-state index in [2.05, 4.69) is 49.6 Å². The molecule has 1 aromatic rings. The van der Waals surface area contributed by atoms with Crippen LogP contribution in [0.2, 0.25) is 0 Å². The first-order valence-corrected chi connectivity index (χ1v) is 22.3. The van der Waals surface area contributed by atoms with Crippen LogP contribution in [0.5, 0.6) is 0 Å². The molecule has 0 fully saturated rings. The highest BCUT2D eigenvalue weighted by molar-refractivity contribution is 4.90. The maximum atomic E-state index is 3.76. The zero-order chi connectivity index (χ0) is 33.9. The van der Waals surface area contributed by atoms with Crippen LogP contribution in [-0.2, 0) is 0 Å². The van der Waals surface area contributed by atoms with Gasteiger partial charge in [0.05, 0.1) is 12.0 Å². The predicted octanol–water partition coefficient (Wildman–Crippen LogP) is 16.1. The second-order valence-electron chi connectivity index (χ2n) is 15.8. The van der Waals surface area contributed by atoms with Crippen molar-refractivity contribution in [2.45, 2.75) is 271 Å². The Labute approximate surface area is 297 Å². The molecule has 0 saturated heterocycles. The van der Waals surface area contributed by atoms with Crippen LogP contribution in [0.3, 0.4) is 0 Å². The second kappa shape index (κ2) is 35.1. The summed E-state index contributed by atoms with van der Waals surface area (Å²) in [5, 5.41) is 0. The summed E-state index contributed by atoms with van der Waals surface area (Å²) in [6, 6.07) is 0.618. The fourth-order valence-electron chi connectivity index (χ4n) is 7.84. The Morgan fingerprint density at radius 2 is 0.681 bits per heavy atom. The summed E-state index contributed by atoms with van der Waals surface area (Å²) in [5.41, 5.74) is 0. The van der Waals surface area contributed by atoms with Gasteiger partial charge in [-0.3, -0.25) is 0 Å². The summed E-state index contributed by atoms with van der Waals surface area (Å²) in [6.45, 7) is 9.43. The minimum Gasteiger partial charge on any atom is -0.247 e. The van der Waals surface area contributed by atoms with Gasteiger partial charge in [0.15, 0.2) is 0 Å². The average molecular weight is 658 g/mol. The van der Waals surface area contributed by atoms with E-state index in [1.54, 1.807) is 0 Å². The first-order chi connectivity index (χ1) is 23.2. The van der Waals surface area contributed by atoms with Crippen molar-refractivity contribution in [1.82, 2.24) is 4.98 Å². The number of aromatic amines is 1. The highest BCUT2D eigenvalue weighted by Crippen LogP contribution is 2.27. The molecule has 47 heavy (non-hydrogen) atoms. The summed E-state index contributed by atoms with van der Waals surface area (Å²) >= 11 is 0. The third-order valence-corrected chi connectivity index (χ3v) is 11.1. The predicted molar refractivity (Wildman–Crippen MR) is 212 cm³/mol. The van der Waals surface area contributed by atoms with E-state index < -0.39 is 0 Å². The molecule has 0 spiro atoms. The van der Waals surface area contributed by atoms with Gasteiger partial charge in [0.25, 0.3) is 5.82 Å². The number of H-pyrrole nitrogens is 1. The Bertz CT molecular complexity index is 723. The Hall–Kier alpha value is -0.790. The Balaban J connectivity index is 2.33. The molecule has 0 radical (unpaired) electrons. The first kappa shape index (κ1) is 44.2. The number of rotatable bonds is 38. The number of nitrogens with one attached hydrogen (secondary N) is 1. The molecule has 0 bridgehead atoms. The lowest BCUT2D eigenvalue weighted by Gasteiger charge is -2.17. The van der Waals surface area contributed by atoms with Crippen LogP contribution < -0.4 is 4.57 Å². The summed E-state index contributed by atoms with van der Waals surface area (Å²) < 4.78 is 2.65. The van der Waals surface area contributed by atoms with Crippen molar-refractivity contribution < 1.29 is 4.57 Å². The largest absolute Gasteiger partial charge is 0.257 e. The number of hydrogen-bond donors (Lipinski definition) is 1. The maximum Gasteiger partial charge on any atom is 0.257 e. The van der Waals surface area contributed by atoms with E-state index in [0.29, 0.717) is 12.0 Å². The molecule has 0 aliphatic carbocycles. The van der Waals surface area contributed by atoms with Crippen molar-refractivity contribution in [3.05, 3.63) is 18.2 Å². The van der Waals surface area contributed by atoms with Gasteiger partial charge in [0.1, 0.15) is 12.4 Å². The second-order valence-corrected chi connectivity index (χ2v) is 15.8. The van der Waals surface area contributed by atoms with Crippen molar-refractivity contribution >= 4 is 0 Å². The van der Waals surface area contributed by atoms with Crippen molar-refractivity contribution in [1.29, 1.82) is 0 Å². The van der Waals surface area contributed by atoms with Crippen LogP contribution in [0, 0.1) is 0 Å². The molecule has 0 aromatic carbocycles. The fourth-order valence-corrected chi connectivity index (χ4v) is 7.84. The summed E-state index contributed by atoms with van der Waals surface area (Å²) in [5.74, 6) is 2.25. The van der Waals surface area contributed by atoms with Gasteiger partial charge in [0, 0.05) is 0 Å². The van der Waals surface area contributed by atoms with Crippen molar-refractivity contribution in [3.63, 3.8) is 0 Å². The number of unbranched alkanes of at least 4 members (excludes halogenated alkanes) is 30. The lowest BCUT2D eigenvalue weighted by molar-refractivity contribution is -0.727. The van der Waals surface area contributed by atoms with Crippen molar-refractivity contribution in [2.24, 2.45) is 0 Å². The minimum absolute atomic E-state index is 0.618. The third kappa shape index (κ3) is 26.7. The first-order valence-electron chi connectivity index (χ1n) is 22.3. The van der Waals surface area contributed by atoms with E-state index >= 15 is 0 Å². The Morgan fingerprint density at radius 1 is 0.404 bits per heavy atom. The van der Waals surface area contributed by atoms with Gasteiger partial charge >= 0.3 is 0 Å². The molecule has 2 nitrogen and oxygen atoms in total. The number of imidazole rings is 1. The molecular formula is C45H89N2+. The van der Waals surface area contributed by atoms with Crippen LogP contribution in [-0.4, -0.2) is 4.98 Å². The molecule has 1 heterocycles. The summed E-state index contributed by atoms with van der Waals surface area (Å²) in [4.78, 5) is 3.76. The molecular weight excluding hydrogens is 569 g/mol. The van der Waals surface area contributed by atoms with Gasteiger partial charge in [0.2, 0.25) is 0 Å². The van der Waals surface area contributed by atoms with E-state index in [1.165, 1.54) is 237 Å². The van der Waals surface area contributed by atoms with Gasteiger partial charge in [-0.2, -0.15) is 0 Å². The molecule has 0 saturated carbocycles. The Morgan fingerprint density at radius 3 is 1.00 bits per heavy atom. The number of aromatic nitrogens is 2. The third-order valence-electron chi connectivity index (χ3n) is 11.1. The highest BCUT2D eigenvalue weighted by atomic mass is 15.1. The van der Waals surface area contributed by atoms with Crippen molar-refractivity contribution in [3.8, 4) is 0 Å². The zero-order valence-electron chi connectivity index (χ0n) is 33.2. The summed E-state index contributed by atoms with van der Waals surface area (Å²) in [6.07, 6.45) is 56.1. The normalized spacial score (nSPS) is 13.0. The SMILES string of the molecule is CCCCCCCCCCCCCCCCCC(C)[n+]1cc[nH]c1C(CCCCCCCCCC)CCCCCCCCCCCC. The summed E-state index contributed by atoms with van der Waals surface area (Å²) in [7, 11) is 0. The molecule has 1 aromatic heterocycles. The van der Waals surface area contributed by atoms with Gasteiger partial charge in [-0.15, -0.1) is 0 Å². The molecule has 0 aliphatic rings. The molecule has 278 valence electrons. The van der Waals surface area contributed by atoms with E-state index in [-0.39, 0.29) is 0 Å². The van der Waals surface area contributed by atoms with E-state index in [9.17, 15) is 0 Å². The quantitative estimate of drug-likeness (QED) is 0.0539. The highest BCUT2D eigenvalue weighted by Gasteiger charge is 2.25. The van der Waals surface area contributed by atoms with E-state index in [1.807, 2.05) is 0 Å². The molecule has 2 atom stereocenters. The van der Waals surface area contributed by atoms with Gasteiger partial charge < -0.3 is 0 Å². The number of hydrogen-bond acceptors (Lipinski definition) is 0. The lowest BCUT2D eigenvalue weighted by Crippen LogP contribution is -2.41. The molecule has 0 amide bonds. The fraction of sp³-hybridized carbons (Fsp3) is 0.933. The average Bonchev–Trinajstić information content (AvgIpc) is 3.57. The van der Waals surface area contributed by atoms with Gasteiger partial charge in [-0.25, -0.2) is 9.55 Å². The van der Waals surface area contributed by atoms with Gasteiger partial charge in [-0.1, -0.05) is 226 Å². The standard InChI is InChI=1S/C45H88N2/c1-5-8-11-14-17-20-22-23-24-25-26-27-29-32-35-38-43(4)47-42-41-46-45(47)44(39-36-33-30-19-16-13-10-7-3)40-37-34-31-28-21-18-15-12-9-6-2/h41-44H,5-40H2,1-4H3/p+1. The van der Waals surface area contributed by atoms with Crippen LogP contribution in [0.15, 0.2) is 12.4 Å². The maximum absolute atomic E-state index is 3.76. The van der Waals surface area contributed by atoms with Crippen LogP contribution >= 0.6 is 0 Å². The van der Waals surface area contributed by atoms with Crippen LogP contribution in [0.4, 0.5) is 0 Å². The van der Waals surface area contributed by atoms with Crippen LogP contribution in [0.25, 0.3) is 0 Å². The molecule has 2 heteroatoms. The monoisotopic (exact) mass is 658 g/mol. The molecule has 1 N–H and O–H groups in total. The lowest BCUT2D eigenvalue weighted by atomic mass is 9.92. The van der Waals surface area contributed by atoms with Crippen LogP contribution in [0.1, 0.15) is 277 Å². The van der Waals surface area contributed by atoms with E-state index in [4.69, 9.17) is 0 Å². The van der Waals surface area contributed by atoms with E-state index in [0.717, 1.165) is 0 Å². The smallest absolute Gasteiger partial charge is 0.247 e. The topological polar surface area (TPSA) is 19.7 Å². The number of nitrogens with zero attached hydrogens (tertiary/aromatic N) is 1. The zero-order valence-corrected chi connectivity index (χ0v) is 33.2.